The van der Waals surface area contributed by atoms with Crippen LogP contribution in [0.5, 0.6) is 0 Å². The summed E-state index contributed by atoms with van der Waals surface area (Å²) in [5, 5.41) is 3.27. The minimum atomic E-state index is -0.312. The Morgan fingerprint density at radius 1 is 1.39 bits per heavy atom. The number of hydrogen-bond acceptors (Lipinski definition) is 3. The summed E-state index contributed by atoms with van der Waals surface area (Å²) in [5.41, 5.74) is 3.01. The molecule has 2 fully saturated rings. The van der Waals surface area contributed by atoms with Crippen molar-refractivity contribution in [3.8, 4) is 0 Å². The van der Waals surface area contributed by atoms with E-state index in [1.807, 2.05) is 12.1 Å². The number of nitrogens with zero attached hydrogens (tertiary/aromatic N) is 1. The summed E-state index contributed by atoms with van der Waals surface area (Å²) >= 11 is 0. The van der Waals surface area contributed by atoms with Crippen molar-refractivity contribution in [3.05, 3.63) is 29.3 Å². The first-order valence-electron chi connectivity index (χ1n) is 6.39. The molecule has 2 aliphatic heterocycles. The molecule has 0 radical (unpaired) electrons. The lowest BCUT2D eigenvalue weighted by molar-refractivity contribution is 0.0733. The molecule has 2 heterocycles. The first kappa shape index (κ1) is 11.5. The first-order valence-corrected chi connectivity index (χ1v) is 6.39. The molecule has 0 bridgehead atoms. The normalized spacial score (nSPS) is 27.0. The highest BCUT2D eigenvalue weighted by Crippen LogP contribution is 2.34. The third-order valence-corrected chi connectivity index (χ3v) is 4.04. The van der Waals surface area contributed by atoms with E-state index in [4.69, 9.17) is 4.74 Å². The van der Waals surface area contributed by atoms with Crippen LogP contribution in [0.25, 0.3) is 0 Å². The quantitative estimate of drug-likeness (QED) is 0.824. The van der Waals surface area contributed by atoms with Gasteiger partial charge in [-0.2, -0.15) is 0 Å². The lowest BCUT2D eigenvalue weighted by atomic mass is 10.0. The van der Waals surface area contributed by atoms with Gasteiger partial charge >= 0.3 is 6.09 Å². The van der Waals surface area contributed by atoms with Crippen molar-refractivity contribution in [1.29, 1.82) is 0 Å². The molecule has 96 valence electrons. The second-order valence-electron chi connectivity index (χ2n) is 5.28. The molecule has 1 amide bonds. The lowest BCUT2D eigenvalue weighted by Gasteiger charge is -2.20. The molecular formula is C14H18N2O2. The predicted octanol–water partition coefficient (Wildman–Crippen LogP) is 1.99. The minimum absolute atomic E-state index is 0.215. The van der Waals surface area contributed by atoms with Crippen molar-refractivity contribution < 1.29 is 9.53 Å². The van der Waals surface area contributed by atoms with Gasteiger partial charge in [-0.3, -0.25) is 4.90 Å². The van der Waals surface area contributed by atoms with Gasteiger partial charge in [0.25, 0.3) is 0 Å². The third kappa shape index (κ3) is 1.68. The Balaban J connectivity index is 1.93. The predicted molar refractivity (Wildman–Crippen MR) is 70.0 cm³/mol. The number of carbonyl (C=O) groups is 1. The zero-order chi connectivity index (χ0) is 12.8. The summed E-state index contributed by atoms with van der Waals surface area (Å²) in [7, 11) is 0. The number of amides is 1. The molecule has 4 heteroatoms. The standard InChI is InChI=1S/C14H18N2O2/c1-10-4-3-5-12(11(10)2)16-9-14(18-13(16)17)6-7-15-8-14/h3-5,15H,6-9H2,1-2H3. The third-order valence-electron chi connectivity index (χ3n) is 4.04. The fourth-order valence-electron chi connectivity index (χ4n) is 2.78. The van der Waals surface area contributed by atoms with E-state index in [0.717, 1.165) is 30.8 Å². The molecule has 0 aliphatic carbocycles. The Morgan fingerprint density at radius 2 is 2.22 bits per heavy atom. The molecule has 0 aromatic heterocycles. The molecule has 3 rings (SSSR count). The molecule has 18 heavy (non-hydrogen) atoms. The van der Waals surface area contributed by atoms with Gasteiger partial charge in [0, 0.05) is 13.0 Å². The molecule has 4 nitrogen and oxygen atoms in total. The Kier molecular flexibility index (Phi) is 2.55. The Morgan fingerprint density at radius 3 is 2.94 bits per heavy atom. The van der Waals surface area contributed by atoms with Crippen molar-refractivity contribution in [2.45, 2.75) is 25.9 Å². The van der Waals surface area contributed by atoms with Crippen LogP contribution < -0.4 is 10.2 Å². The monoisotopic (exact) mass is 246 g/mol. The number of nitrogens with one attached hydrogen (secondary N) is 1. The second kappa shape index (κ2) is 3.99. The highest BCUT2D eigenvalue weighted by atomic mass is 16.6. The van der Waals surface area contributed by atoms with Gasteiger partial charge in [0.05, 0.1) is 12.2 Å². The summed E-state index contributed by atoms with van der Waals surface area (Å²) in [6.07, 6.45) is 0.688. The zero-order valence-corrected chi connectivity index (χ0v) is 10.8. The molecule has 2 aliphatic rings. The highest BCUT2D eigenvalue weighted by Gasteiger charge is 2.47. The van der Waals surface area contributed by atoms with Gasteiger partial charge < -0.3 is 10.1 Å². The van der Waals surface area contributed by atoms with E-state index >= 15 is 0 Å². The van der Waals surface area contributed by atoms with Crippen molar-refractivity contribution in [2.75, 3.05) is 24.5 Å². The Bertz CT molecular complexity index is 493. The Labute approximate surface area is 107 Å². The van der Waals surface area contributed by atoms with Gasteiger partial charge in [0.1, 0.15) is 5.60 Å². The van der Waals surface area contributed by atoms with Crippen LogP contribution in [-0.2, 0) is 4.74 Å². The number of ether oxygens (including phenoxy) is 1. The molecule has 2 saturated heterocycles. The summed E-state index contributed by atoms with van der Waals surface area (Å²) < 4.78 is 5.60. The average Bonchev–Trinajstić information content (AvgIpc) is 2.91. The maximum atomic E-state index is 12.1. The number of hydrogen-bond donors (Lipinski definition) is 1. The SMILES string of the molecule is Cc1cccc(N2CC3(CCNC3)OC2=O)c1C. The molecule has 1 aromatic rings. The number of anilines is 1. The van der Waals surface area contributed by atoms with Crippen LogP contribution in [0.15, 0.2) is 18.2 Å². The lowest BCUT2D eigenvalue weighted by Crippen LogP contribution is -2.36. The van der Waals surface area contributed by atoms with Crippen LogP contribution in [0.2, 0.25) is 0 Å². The molecule has 1 N–H and O–H groups in total. The van der Waals surface area contributed by atoms with E-state index in [9.17, 15) is 4.79 Å². The van der Waals surface area contributed by atoms with E-state index in [1.54, 1.807) is 4.90 Å². The molecule has 1 unspecified atom stereocenters. The second-order valence-corrected chi connectivity index (χ2v) is 5.28. The van der Waals surface area contributed by atoms with Crippen molar-refractivity contribution >= 4 is 11.8 Å². The number of rotatable bonds is 1. The van der Waals surface area contributed by atoms with E-state index in [1.165, 1.54) is 5.56 Å². The van der Waals surface area contributed by atoms with Gasteiger partial charge in [0.2, 0.25) is 0 Å². The molecular weight excluding hydrogens is 228 g/mol. The van der Waals surface area contributed by atoms with Crippen LogP contribution in [0.3, 0.4) is 0 Å². The van der Waals surface area contributed by atoms with Gasteiger partial charge in [-0.15, -0.1) is 0 Å². The van der Waals surface area contributed by atoms with Crippen LogP contribution in [0.1, 0.15) is 17.5 Å². The van der Waals surface area contributed by atoms with Crippen molar-refractivity contribution in [2.24, 2.45) is 0 Å². The van der Waals surface area contributed by atoms with Crippen LogP contribution in [-0.4, -0.2) is 31.3 Å². The fraction of sp³-hybridized carbons (Fsp3) is 0.500. The maximum Gasteiger partial charge on any atom is 0.415 e. The molecule has 1 aromatic carbocycles. The largest absolute Gasteiger partial charge is 0.439 e. The maximum absolute atomic E-state index is 12.1. The Hall–Kier alpha value is -1.55. The topological polar surface area (TPSA) is 41.6 Å². The van der Waals surface area contributed by atoms with E-state index in [0.29, 0.717) is 6.54 Å². The number of carbonyl (C=O) groups excluding carboxylic acids is 1. The van der Waals surface area contributed by atoms with Crippen molar-refractivity contribution in [3.63, 3.8) is 0 Å². The highest BCUT2D eigenvalue weighted by molar-refractivity contribution is 5.91. The summed E-state index contributed by atoms with van der Waals surface area (Å²) in [4.78, 5) is 13.8. The zero-order valence-electron chi connectivity index (χ0n) is 10.8. The van der Waals surface area contributed by atoms with Crippen LogP contribution in [0.4, 0.5) is 10.5 Å². The summed E-state index contributed by atoms with van der Waals surface area (Å²) in [6, 6.07) is 6.04. The molecule has 1 spiro atoms. The van der Waals surface area contributed by atoms with Gasteiger partial charge in [0.15, 0.2) is 0 Å². The van der Waals surface area contributed by atoms with Gasteiger partial charge in [-0.05, 0) is 37.6 Å². The fourth-order valence-corrected chi connectivity index (χ4v) is 2.78. The number of benzene rings is 1. The number of aryl methyl sites for hydroxylation is 1. The van der Waals surface area contributed by atoms with Crippen LogP contribution >= 0.6 is 0 Å². The molecule has 0 saturated carbocycles. The minimum Gasteiger partial charge on any atom is -0.439 e. The smallest absolute Gasteiger partial charge is 0.415 e. The van der Waals surface area contributed by atoms with Crippen LogP contribution in [0, 0.1) is 13.8 Å². The van der Waals surface area contributed by atoms with E-state index in [-0.39, 0.29) is 11.7 Å². The van der Waals surface area contributed by atoms with Gasteiger partial charge in [-0.1, -0.05) is 12.1 Å². The van der Waals surface area contributed by atoms with Gasteiger partial charge in [-0.25, -0.2) is 4.79 Å². The van der Waals surface area contributed by atoms with E-state index in [2.05, 4.69) is 25.2 Å². The summed E-state index contributed by atoms with van der Waals surface area (Å²) in [5.74, 6) is 0. The first-order chi connectivity index (χ1) is 8.61. The van der Waals surface area contributed by atoms with Crippen molar-refractivity contribution in [1.82, 2.24) is 5.32 Å². The van der Waals surface area contributed by atoms with E-state index < -0.39 is 0 Å². The molecule has 1 atom stereocenters. The average molecular weight is 246 g/mol. The summed E-state index contributed by atoms with van der Waals surface area (Å²) in [6.45, 7) is 6.46.